The van der Waals surface area contributed by atoms with Gasteiger partial charge in [-0.05, 0) is 24.1 Å². The summed E-state index contributed by atoms with van der Waals surface area (Å²) >= 11 is 11.8. The van der Waals surface area contributed by atoms with Gasteiger partial charge in [0, 0.05) is 0 Å². The van der Waals surface area contributed by atoms with E-state index in [4.69, 9.17) is 33.8 Å². The Balaban J connectivity index is 2.65. The molecule has 94 valence electrons. The molecule has 4 nitrogen and oxygen atoms in total. The van der Waals surface area contributed by atoms with Crippen molar-refractivity contribution in [1.29, 1.82) is 0 Å². The number of carbonyl (C=O) groups is 1. The van der Waals surface area contributed by atoms with E-state index >= 15 is 0 Å². The third kappa shape index (κ3) is 4.52. The lowest BCUT2D eigenvalue weighted by atomic mass is 10.1. The summed E-state index contributed by atoms with van der Waals surface area (Å²) in [5.74, 6) is -0.526. The van der Waals surface area contributed by atoms with Crippen molar-refractivity contribution in [3.8, 4) is 0 Å². The fraction of sp³-hybridized carbons (Fsp3) is 0.364. The number of hydroxylamine groups is 1. The smallest absolute Gasteiger partial charge is 0.245 e. The number of amides is 1. The second-order valence-corrected chi connectivity index (χ2v) is 4.32. The number of rotatable bonds is 6. The van der Waals surface area contributed by atoms with E-state index in [1.54, 1.807) is 12.1 Å². The quantitative estimate of drug-likeness (QED) is 0.785. The number of hydrogen-bond donors (Lipinski definition) is 2. The van der Waals surface area contributed by atoms with Crippen molar-refractivity contribution < 1.29 is 9.63 Å². The highest BCUT2D eigenvalue weighted by atomic mass is 35.5. The number of nitrogens with one attached hydrogen (secondary N) is 1. The number of carbonyl (C=O) groups excluding carboxylic acids is 1. The van der Waals surface area contributed by atoms with Crippen LogP contribution in [-0.4, -0.2) is 12.5 Å². The predicted molar refractivity (Wildman–Crippen MR) is 67.8 cm³/mol. The molecule has 0 heterocycles. The lowest BCUT2D eigenvalue weighted by Crippen LogP contribution is -2.27. The standard InChI is InChI=1S/C11H14Cl2N2O2/c1-2-10(15-17-6-11(14)16)7-3-4-8(12)9(13)5-7/h3-5,10,15H,2,6H2,1H3,(H2,14,16). The van der Waals surface area contributed by atoms with E-state index in [0.717, 1.165) is 12.0 Å². The number of primary amides is 1. The van der Waals surface area contributed by atoms with Crippen LogP contribution < -0.4 is 11.2 Å². The molecule has 0 bridgehead atoms. The van der Waals surface area contributed by atoms with E-state index in [0.29, 0.717) is 10.0 Å². The van der Waals surface area contributed by atoms with Crippen LogP contribution in [0.25, 0.3) is 0 Å². The van der Waals surface area contributed by atoms with Crippen LogP contribution in [-0.2, 0) is 9.63 Å². The second-order valence-electron chi connectivity index (χ2n) is 3.51. The highest BCUT2D eigenvalue weighted by molar-refractivity contribution is 6.42. The van der Waals surface area contributed by atoms with Crippen molar-refractivity contribution >= 4 is 29.1 Å². The summed E-state index contributed by atoms with van der Waals surface area (Å²) in [6, 6.07) is 5.27. The van der Waals surface area contributed by atoms with Crippen LogP contribution in [0.4, 0.5) is 0 Å². The van der Waals surface area contributed by atoms with Crippen molar-refractivity contribution in [2.45, 2.75) is 19.4 Å². The topological polar surface area (TPSA) is 64.3 Å². The van der Waals surface area contributed by atoms with Gasteiger partial charge in [-0.15, -0.1) is 0 Å². The minimum absolute atomic E-state index is 0.0656. The summed E-state index contributed by atoms with van der Waals surface area (Å²) in [6.07, 6.45) is 0.775. The number of nitrogens with two attached hydrogens (primary N) is 1. The Morgan fingerprint density at radius 2 is 2.18 bits per heavy atom. The Labute approximate surface area is 110 Å². The molecule has 1 rings (SSSR count). The minimum Gasteiger partial charge on any atom is -0.368 e. The number of benzene rings is 1. The largest absolute Gasteiger partial charge is 0.368 e. The Kier molecular flexibility index (Phi) is 5.71. The number of halogens is 2. The molecule has 0 aliphatic carbocycles. The molecule has 6 heteroatoms. The molecule has 0 saturated heterocycles. The molecule has 0 fully saturated rings. The molecule has 1 amide bonds. The van der Waals surface area contributed by atoms with Gasteiger partial charge in [0.1, 0.15) is 6.61 Å². The maximum atomic E-state index is 10.5. The maximum absolute atomic E-state index is 10.5. The Morgan fingerprint density at radius 1 is 1.47 bits per heavy atom. The van der Waals surface area contributed by atoms with Gasteiger partial charge in [-0.1, -0.05) is 36.2 Å². The Hall–Kier alpha value is -0.810. The first-order valence-corrected chi connectivity index (χ1v) is 5.90. The molecule has 1 atom stereocenters. The van der Waals surface area contributed by atoms with E-state index < -0.39 is 5.91 Å². The SMILES string of the molecule is CCC(NOCC(N)=O)c1ccc(Cl)c(Cl)c1. The van der Waals surface area contributed by atoms with Gasteiger partial charge in [0.2, 0.25) is 5.91 Å². The fourth-order valence-corrected chi connectivity index (χ4v) is 1.64. The molecule has 0 radical (unpaired) electrons. The van der Waals surface area contributed by atoms with Crippen LogP contribution in [0, 0.1) is 0 Å². The first kappa shape index (κ1) is 14.3. The first-order chi connectivity index (χ1) is 8.04. The summed E-state index contributed by atoms with van der Waals surface area (Å²) in [5, 5.41) is 0.989. The van der Waals surface area contributed by atoms with Gasteiger partial charge in [0.25, 0.3) is 0 Å². The average molecular weight is 277 g/mol. The zero-order valence-electron chi connectivity index (χ0n) is 9.37. The summed E-state index contributed by atoms with van der Waals surface area (Å²) in [7, 11) is 0. The van der Waals surface area contributed by atoms with Gasteiger partial charge in [-0.25, -0.2) is 0 Å². The van der Waals surface area contributed by atoms with Crippen molar-refractivity contribution in [1.82, 2.24) is 5.48 Å². The van der Waals surface area contributed by atoms with E-state index in [1.165, 1.54) is 0 Å². The van der Waals surface area contributed by atoms with Crippen LogP contribution in [0.2, 0.25) is 10.0 Å². The van der Waals surface area contributed by atoms with Gasteiger partial charge in [-0.2, -0.15) is 5.48 Å². The van der Waals surface area contributed by atoms with Crippen LogP contribution in [0.1, 0.15) is 24.9 Å². The molecule has 0 aliphatic heterocycles. The molecule has 0 saturated carbocycles. The third-order valence-corrected chi connectivity index (χ3v) is 2.93. The molecule has 17 heavy (non-hydrogen) atoms. The summed E-state index contributed by atoms with van der Waals surface area (Å²) in [6.45, 7) is 1.81. The predicted octanol–water partition coefficient (Wildman–Crippen LogP) is 2.45. The zero-order valence-corrected chi connectivity index (χ0v) is 10.9. The van der Waals surface area contributed by atoms with Gasteiger partial charge in [-0.3, -0.25) is 9.63 Å². The number of hydrogen-bond acceptors (Lipinski definition) is 3. The monoisotopic (exact) mass is 276 g/mol. The molecule has 0 aromatic heterocycles. The average Bonchev–Trinajstić information content (AvgIpc) is 2.28. The van der Waals surface area contributed by atoms with Crippen molar-refractivity contribution in [2.24, 2.45) is 5.73 Å². The fourth-order valence-electron chi connectivity index (χ4n) is 1.33. The minimum atomic E-state index is -0.526. The van der Waals surface area contributed by atoms with Crippen molar-refractivity contribution in [3.63, 3.8) is 0 Å². The molecule has 1 aromatic carbocycles. The van der Waals surface area contributed by atoms with E-state index in [1.807, 2.05) is 13.0 Å². The van der Waals surface area contributed by atoms with Crippen LogP contribution in [0.5, 0.6) is 0 Å². The van der Waals surface area contributed by atoms with Gasteiger partial charge < -0.3 is 5.73 Å². The maximum Gasteiger partial charge on any atom is 0.245 e. The van der Waals surface area contributed by atoms with Crippen molar-refractivity contribution in [2.75, 3.05) is 6.61 Å². The molecular formula is C11H14Cl2N2O2. The first-order valence-electron chi connectivity index (χ1n) is 5.15. The van der Waals surface area contributed by atoms with Crippen molar-refractivity contribution in [3.05, 3.63) is 33.8 Å². The summed E-state index contributed by atoms with van der Waals surface area (Å²) in [5.41, 5.74) is 8.66. The Morgan fingerprint density at radius 3 is 2.71 bits per heavy atom. The summed E-state index contributed by atoms with van der Waals surface area (Å²) in [4.78, 5) is 15.5. The Bertz CT molecular complexity index is 399. The lowest BCUT2D eigenvalue weighted by molar-refractivity contribution is -0.126. The van der Waals surface area contributed by atoms with E-state index in [-0.39, 0.29) is 12.6 Å². The normalized spacial score (nSPS) is 12.4. The molecule has 1 aromatic rings. The summed E-state index contributed by atoms with van der Waals surface area (Å²) < 4.78 is 0. The van der Waals surface area contributed by atoms with Crippen LogP contribution in [0.15, 0.2) is 18.2 Å². The molecule has 0 spiro atoms. The van der Waals surface area contributed by atoms with E-state index in [9.17, 15) is 4.79 Å². The highest BCUT2D eigenvalue weighted by Crippen LogP contribution is 2.26. The molecule has 1 unspecified atom stereocenters. The van der Waals surface area contributed by atoms with Crippen LogP contribution in [0.3, 0.4) is 0 Å². The highest BCUT2D eigenvalue weighted by Gasteiger charge is 2.11. The van der Waals surface area contributed by atoms with Gasteiger partial charge >= 0.3 is 0 Å². The third-order valence-electron chi connectivity index (χ3n) is 2.19. The van der Waals surface area contributed by atoms with Gasteiger partial charge in [0.05, 0.1) is 16.1 Å². The van der Waals surface area contributed by atoms with Gasteiger partial charge in [0.15, 0.2) is 0 Å². The molecule has 3 N–H and O–H groups in total. The lowest BCUT2D eigenvalue weighted by Gasteiger charge is -2.17. The molecular weight excluding hydrogens is 263 g/mol. The van der Waals surface area contributed by atoms with E-state index in [2.05, 4.69) is 5.48 Å². The van der Waals surface area contributed by atoms with Crippen LogP contribution >= 0.6 is 23.2 Å². The second kappa shape index (κ2) is 6.81. The zero-order chi connectivity index (χ0) is 12.8. The molecule has 0 aliphatic rings.